The third-order valence-electron chi connectivity index (χ3n) is 5.29. The van der Waals surface area contributed by atoms with Crippen LogP contribution >= 0.6 is 0 Å². The summed E-state index contributed by atoms with van der Waals surface area (Å²) in [5.74, 6) is 3.29. The summed E-state index contributed by atoms with van der Waals surface area (Å²) in [4.78, 5) is 0. The standard InChI is InChI=1S/C20H30F3NO2SSi/c1-15(2)28(16(3)4,17(5)6)14-12-19-10-8-7-9-18(19)11-13-24-27(25,26)20(21,22)23/h7-10,15-17,24H,11,13H2,1-6H3. The van der Waals surface area contributed by atoms with Crippen LogP contribution in [0, 0.1) is 11.5 Å². The molecule has 0 fully saturated rings. The maximum Gasteiger partial charge on any atom is 0.511 e. The van der Waals surface area contributed by atoms with Gasteiger partial charge in [-0.3, -0.25) is 0 Å². The lowest BCUT2D eigenvalue weighted by Gasteiger charge is -2.38. The van der Waals surface area contributed by atoms with Crippen molar-refractivity contribution in [3.63, 3.8) is 0 Å². The number of halogens is 3. The van der Waals surface area contributed by atoms with Gasteiger partial charge in [-0.15, -0.1) is 5.54 Å². The zero-order chi connectivity index (χ0) is 21.8. The van der Waals surface area contributed by atoms with Gasteiger partial charge in [0.05, 0.1) is 0 Å². The molecule has 1 rings (SSSR count). The highest BCUT2D eigenvalue weighted by Gasteiger charge is 2.45. The maximum absolute atomic E-state index is 12.4. The lowest BCUT2D eigenvalue weighted by molar-refractivity contribution is -0.0447. The van der Waals surface area contributed by atoms with Gasteiger partial charge in [0, 0.05) is 12.1 Å². The predicted molar refractivity (Wildman–Crippen MR) is 111 cm³/mol. The fraction of sp³-hybridized carbons (Fsp3) is 0.600. The second-order valence-electron chi connectivity index (χ2n) is 7.90. The van der Waals surface area contributed by atoms with Crippen LogP contribution in [0.15, 0.2) is 24.3 Å². The lowest BCUT2D eigenvalue weighted by Crippen LogP contribution is -2.43. The van der Waals surface area contributed by atoms with Gasteiger partial charge in [0.2, 0.25) is 0 Å². The molecule has 0 spiro atoms. The van der Waals surface area contributed by atoms with Gasteiger partial charge >= 0.3 is 15.5 Å². The SMILES string of the molecule is CC(C)[Si](C#Cc1ccccc1CCNS(=O)(=O)C(F)(F)F)(C(C)C)C(C)C. The molecule has 0 aliphatic rings. The van der Waals surface area contributed by atoms with E-state index in [4.69, 9.17) is 0 Å². The summed E-state index contributed by atoms with van der Waals surface area (Å²) in [5.41, 5.74) is 1.16. The molecule has 28 heavy (non-hydrogen) atoms. The summed E-state index contributed by atoms with van der Waals surface area (Å²) >= 11 is 0. The molecule has 0 amide bonds. The molecule has 1 N–H and O–H groups in total. The summed E-state index contributed by atoms with van der Waals surface area (Å²) in [5, 5.41) is 0. The zero-order valence-corrected chi connectivity index (χ0v) is 19.1. The topological polar surface area (TPSA) is 46.2 Å². The van der Waals surface area contributed by atoms with Gasteiger partial charge in [-0.1, -0.05) is 65.7 Å². The Morgan fingerprint density at radius 1 is 1.00 bits per heavy atom. The van der Waals surface area contributed by atoms with E-state index in [9.17, 15) is 21.6 Å². The molecule has 0 aliphatic carbocycles. The van der Waals surface area contributed by atoms with Crippen molar-refractivity contribution in [2.24, 2.45) is 0 Å². The molecule has 0 unspecified atom stereocenters. The summed E-state index contributed by atoms with van der Waals surface area (Å²) in [6.07, 6.45) is 0.139. The third-order valence-corrected chi connectivity index (χ3v) is 12.8. The minimum atomic E-state index is -5.33. The Balaban J connectivity index is 3.13. The molecule has 8 heteroatoms. The van der Waals surface area contributed by atoms with E-state index in [0.717, 1.165) is 11.1 Å². The average Bonchev–Trinajstić information content (AvgIpc) is 2.54. The Kier molecular flexibility index (Phi) is 8.36. The normalized spacial score (nSPS) is 13.1. The summed E-state index contributed by atoms with van der Waals surface area (Å²) < 4.78 is 61.3. The molecule has 0 saturated carbocycles. The average molecular weight is 434 g/mol. The Labute approximate surface area is 168 Å². The first-order chi connectivity index (χ1) is 12.8. The van der Waals surface area contributed by atoms with Gasteiger partial charge in [-0.25, -0.2) is 13.1 Å². The second kappa shape index (κ2) is 9.46. The minimum Gasteiger partial charge on any atom is -0.207 e. The predicted octanol–water partition coefficient (Wildman–Crippen LogP) is 5.24. The van der Waals surface area contributed by atoms with Crippen molar-refractivity contribution in [1.82, 2.24) is 4.72 Å². The number of hydrogen-bond donors (Lipinski definition) is 1. The first kappa shape index (κ1) is 24.7. The molecule has 1 aromatic rings. The van der Waals surface area contributed by atoms with E-state index >= 15 is 0 Å². The highest BCUT2D eigenvalue weighted by molar-refractivity contribution is 7.90. The maximum atomic E-state index is 12.4. The van der Waals surface area contributed by atoms with E-state index < -0.39 is 23.6 Å². The van der Waals surface area contributed by atoms with Crippen LogP contribution in [0.2, 0.25) is 16.6 Å². The lowest BCUT2D eigenvalue weighted by atomic mass is 10.1. The van der Waals surface area contributed by atoms with E-state index in [1.807, 2.05) is 12.1 Å². The number of sulfonamides is 1. The van der Waals surface area contributed by atoms with Crippen LogP contribution in [0.1, 0.15) is 52.7 Å². The monoisotopic (exact) mass is 433 g/mol. The Hall–Kier alpha value is -1.30. The van der Waals surface area contributed by atoms with Crippen LogP contribution in [0.3, 0.4) is 0 Å². The quantitative estimate of drug-likeness (QED) is 0.472. The van der Waals surface area contributed by atoms with Crippen molar-refractivity contribution in [3.8, 4) is 11.5 Å². The second-order valence-corrected chi connectivity index (χ2v) is 15.2. The number of rotatable bonds is 7. The molecule has 0 atom stereocenters. The van der Waals surface area contributed by atoms with Crippen molar-refractivity contribution in [2.45, 2.75) is 70.1 Å². The van der Waals surface area contributed by atoms with Gasteiger partial charge in [0.15, 0.2) is 0 Å². The molecule has 0 bridgehead atoms. The van der Waals surface area contributed by atoms with Crippen LogP contribution in [-0.2, 0) is 16.4 Å². The third kappa shape index (κ3) is 5.62. The van der Waals surface area contributed by atoms with Crippen LogP contribution in [0.5, 0.6) is 0 Å². The van der Waals surface area contributed by atoms with Crippen LogP contribution in [0.25, 0.3) is 0 Å². The molecule has 0 heterocycles. The van der Waals surface area contributed by atoms with Gasteiger partial charge < -0.3 is 0 Å². The van der Waals surface area contributed by atoms with Gasteiger partial charge in [0.25, 0.3) is 0 Å². The van der Waals surface area contributed by atoms with Gasteiger partial charge in [-0.05, 0) is 34.7 Å². The summed E-state index contributed by atoms with van der Waals surface area (Å²) in [6.45, 7) is 12.9. The molecular weight excluding hydrogens is 403 g/mol. The summed E-state index contributed by atoms with van der Waals surface area (Å²) in [7, 11) is -7.27. The van der Waals surface area contributed by atoms with Crippen molar-refractivity contribution >= 4 is 18.1 Å². The van der Waals surface area contributed by atoms with E-state index in [2.05, 4.69) is 53.0 Å². The molecule has 1 aromatic carbocycles. The number of benzene rings is 1. The van der Waals surface area contributed by atoms with E-state index in [-0.39, 0.29) is 13.0 Å². The van der Waals surface area contributed by atoms with Gasteiger partial charge in [-0.2, -0.15) is 13.2 Å². The molecule has 158 valence electrons. The van der Waals surface area contributed by atoms with Crippen molar-refractivity contribution in [2.75, 3.05) is 6.54 Å². The number of hydrogen-bond acceptors (Lipinski definition) is 2. The molecule has 0 saturated heterocycles. The first-order valence-corrected chi connectivity index (χ1v) is 13.1. The Morgan fingerprint density at radius 2 is 1.50 bits per heavy atom. The fourth-order valence-corrected chi connectivity index (χ4v) is 9.62. The van der Waals surface area contributed by atoms with Gasteiger partial charge in [0.1, 0.15) is 8.07 Å². The van der Waals surface area contributed by atoms with Crippen LogP contribution < -0.4 is 4.72 Å². The molecule has 0 aliphatic heterocycles. The molecular formula is C20H30F3NO2SSi. The molecule has 3 nitrogen and oxygen atoms in total. The smallest absolute Gasteiger partial charge is 0.207 e. The van der Waals surface area contributed by atoms with Crippen molar-refractivity contribution < 1.29 is 21.6 Å². The first-order valence-electron chi connectivity index (χ1n) is 9.42. The van der Waals surface area contributed by atoms with E-state index in [1.165, 1.54) is 0 Å². The zero-order valence-electron chi connectivity index (χ0n) is 17.3. The van der Waals surface area contributed by atoms with E-state index in [1.54, 1.807) is 16.9 Å². The van der Waals surface area contributed by atoms with Crippen LogP contribution in [-0.4, -0.2) is 28.5 Å². The molecule has 0 aromatic heterocycles. The fourth-order valence-electron chi connectivity index (χ4n) is 3.87. The number of alkyl halides is 3. The van der Waals surface area contributed by atoms with Crippen molar-refractivity contribution in [1.29, 1.82) is 0 Å². The number of nitrogens with one attached hydrogen (secondary N) is 1. The Morgan fingerprint density at radius 3 is 1.96 bits per heavy atom. The van der Waals surface area contributed by atoms with Crippen molar-refractivity contribution in [3.05, 3.63) is 35.4 Å². The summed E-state index contributed by atoms with van der Waals surface area (Å²) in [6, 6.07) is 7.21. The highest BCUT2D eigenvalue weighted by Crippen LogP contribution is 2.40. The minimum absolute atomic E-state index is 0.139. The molecule has 0 radical (unpaired) electrons. The largest absolute Gasteiger partial charge is 0.511 e. The van der Waals surface area contributed by atoms with E-state index in [0.29, 0.717) is 16.6 Å². The van der Waals surface area contributed by atoms with Crippen LogP contribution in [0.4, 0.5) is 13.2 Å². The highest BCUT2D eigenvalue weighted by atomic mass is 32.2. The Bertz CT molecular complexity index is 800.